The summed E-state index contributed by atoms with van der Waals surface area (Å²) in [6.07, 6.45) is 6.55. The van der Waals surface area contributed by atoms with Gasteiger partial charge in [-0.05, 0) is 13.1 Å². The van der Waals surface area contributed by atoms with Gasteiger partial charge in [0.2, 0.25) is 0 Å². The van der Waals surface area contributed by atoms with Crippen molar-refractivity contribution in [2.45, 2.75) is 6.04 Å². The topological polar surface area (TPSA) is 65.4 Å². The third-order valence-corrected chi connectivity index (χ3v) is 3.54. The minimum atomic E-state index is 0.0124. The van der Waals surface area contributed by atoms with E-state index in [4.69, 9.17) is 4.42 Å². The molecule has 0 bridgehead atoms. The molecule has 6 heteroatoms. The molecule has 2 aromatic heterocycles. The summed E-state index contributed by atoms with van der Waals surface area (Å²) < 4.78 is 4.97. The van der Waals surface area contributed by atoms with Gasteiger partial charge in [0.15, 0.2) is 0 Å². The van der Waals surface area contributed by atoms with E-state index in [0.717, 1.165) is 18.9 Å². The maximum atomic E-state index is 12.3. The van der Waals surface area contributed by atoms with Crippen LogP contribution in [0.1, 0.15) is 22.2 Å². The van der Waals surface area contributed by atoms with Gasteiger partial charge in [0.05, 0.1) is 17.9 Å². The van der Waals surface area contributed by atoms with Gasteiger partial charge in [0, 0.05) is 32.0 Å². The molecule has 0 aliphatic carbocycles. The first-order chi connectivity index (χ1) is 9.25. The fraction of sp³-hybridized carbons (Fsp3) is 0.385. The highest BCUT2D eigenvalue weighted by Crippen LogP contribution is 2.22. The number of nitrogens with zero attached hydrogens (tertiary/aromatic N) is 3. The second kappa shape index (κ2) is 4.89. The molecule has 6 nitrogen and oxygen atoms in total. The van der Waals surface area contributed by atoms with Crippen LogP contribution in [0, 0.1) is 0 Å². The minimum Gasteiger partial charge on any atom is -0.472 e. The molecule has 0 spiro atoms. The fourth-order valence-electron chi connectivity index (χ4n) is 2.38. The van der Waals surface area contributed by atoms with Crippen molar-refractivity contribution in [1.82, 2.24) is 19.8 Å². The number of piperazine rings is 1. The van der Waals surface area contributed by atoms with Crippen LogP contribution >= 0.6 is 0 Å². The number of hydrogen-bond acceptors (Lipinski definition) is 4. The summed E-state index contributed by atoms with van der Waals surface area (Å²) in [6.45, 7) is 2.18. The number of aromatic amines is 1. The predicted molar refractivity (Wildman–Crippen MR) is 68.6 cm³/mol. The van der Waals surface area contributed by atoms with E-state index >= 15 is 0 Å². The van der Waals surface area contributed by atoms with Gasteiger partial charge in [-0.2, -0.15) is 0 Å². The molecule has 1 saturated heterocycles. The van der Waals surface area contributed by atoms with Gasteiger partial charge in [-0.1, -0.05) is 0 Å². The first-order valence-corrected chi connectivity index (χ1v) is 6.26. The Bertz CT molecular complexity index is 535. The molecule has 0 saturated carbocycles. The zero-order chi connectivity index (χ0) is 13.2. The minimum absolute atomic E-state index is 0.0124. The second-order valence-corrected chi connectivity index (χ2v) is 4.73. The van der Waals surface area contributed by atoms with E-state index in [1.54, 1.807) is 18.5 Å². The molecule has 100 valence electrons. The summed E-state index contributed by atoms with van der Waals surface area (Å²) >= 11 is 0. The van der Waals surface area contributed by atoms with E-state index in [9.17, 15) is 4.79 Å². The number of amides is 1. The van der Waals surface area contributed by atoms with Crippen LogP contribution < -0.4 is 0 Å². The van der Waals surface area contributed by atoms with Crippen molar-refractivity contribution in [1.29, 1.82) is 0 Å². The Morgan fingerprint density at radius 2 is 2.42 bits per heavy atom. The number of aromatic nitrogens is 2. The highest BCUT2D eigenvalue weighted by molar-refractivity contribution is 5.93. The summed E-state index contributed by atoms with van der Waals surface area (Å²) in [5, 5.41) is 0. The van der Waals surface area contributed by atoms with E-state index in [1.807, 2.05) is 11.9 Å². The number of likely N-dealkylation sites (N-methyl/N-ethyl adjacent to an activating group) is 1. The van der Waals surface area contributed by atoms with Crippen molar-refractivity contribution in [3.05, 3.63) is 42.4 Å². The van der Waals surface area contributed by atoms with E-state index in [-0.39, 0.29) is 11.9 Å². The third kappa shape index (κ3) is 2.26. The van der Waals surface area contributed by atoms with Gasteiger partial charge in [-0.15, -0.1) is 0 Å². The Labute approximate surface area is 111 Å². The van der Waals surface area contributed by atoms with Crippen molar-refractivity contribution in [3.63, 3.8) is 0 Å². The third-order valence-electron chi connectivity index (χ3n) is 3.54. The lowest BCUT2D eigenvalue weighted by molar-refractivity contribution is 0.0534. The van der Waals surface area contributed by atoms with Crippen LogP contribution in [-0.4, -0.2) is 52.4 Å². The number of H-pyrrole nitrogens is 1. The standard InChI is InChI=1S/C13H16N4O2/c1-16-5-6-17(13(18)10-2-7-19-9-10)8-11(16)12-14-3-4-15-12/h2-4,7,9,11H,5-6,8H2,1H3,(H,14,15). The second-order valence-electron chi connectivity index (χ2n) is 4.73. The van der Waals surface area contributed by atoms with E-state index in [2.05, 4.69) is 14.9 Å². The molecular weight excluding hydrogens is 244 g/mol. The highest BCUT2D eigenvalue weighted by atomic mass is 16.3. The van der Waals surface area contributed by atoms with Crippen LogP contribution in [0.5, 0.6) is 0 Å². The summed E-state index contributed by atoms with van der Waals surface area (Å²) in [5.74, 6) is 0.908. The molecule has 0 aromatic carbocycles. The maximum Gasteiger partial charge on any atom is 0.257 e. The zero-order valence-electron chi connectivity index (χ0n) is 10.7. The SMILES string of the molecule is CN1CCN(C(=O)c2ccoc2)CC1c1ncc[nH]1. The first kappa shape index (κ1) is 12.0. The number of nitrogens with one attached hydrogen (secondary N) is 1. The average Bonchev–Trinajstić information content (AvgIpc) is 3.12. The number of imidazole rings is 1. The lowest BCUT2D eigenvalue weighted by atomic mass is 10.1. The molecule has 2 aromatic rings. The molecule has 1 atom stereocenters. The average molecular weight is 260 g/mol. The highest BCUT2D eigenvalue weighted by Gasteiger charge is 2.30. The molecule has 1 N–H and O–H groups in total. The van der Waals surface area contributed by atoms with Crippen molar-refractivity contribution < 1.29 is 9.21 Å². The Morgan fingerprint density at radius 3 is 3.11 bits per heavy atom. The molecule has 19 heavy (non-hydrogen) atoms. The van der Waals surface area contributed by atoms with E-state index in [1.165, 1.54) is 12.5 Å². The quantitative estimate of drug-likeness (QED) is 0.879. The fourth-order valence-corrected chi connectivity index (χ4v) is 2.38. The van der Waals surface area contributed by atoms with Crippen LogP contribution in [0.25, 0.3) is 0 Å². The normalized spacial score (nSPS) is 20.7. The van der Waals surface area contributed by atoms with Crippen molar-refractivity contribution in [2.24, 2.45) is 0 Å². The number of hydrogen-bond donors (Lipinski definition) is 1. The lowest BCUT2D eigenvalue weighted by Gasteiger charge is -2.38. The van der Waals surface area contributed by atoms with Crippen molar-refractivity contribution >= 4 is 5.91 Å². The van der Waals surface area contributed by atoms with E-state index < -0.39 is 0 Å². The van der Waals surface area contributed by atoms with Gasteiger partial charge < -0.3 is 14.3 Å². The molecule has 3 heterocycles. The zero-order valence-corrected chi connectivity index (χ0v) is 10.7. The number of rotatable bonds is 2. The molecule has 0 radical (unpaired) electrons. The Morgan fingerprint density at radius 1 is 1.53 bits per heavy atom. The van der Waals surface area contributed by atoms with Crippen LogP contribution in [0.4, 0.5) is 0 Å². The lowest BCUT2D eigenvalue weighted by Crippen LogP contribution is -2.49. The molecule has 3 rings (SSSR count). The van der Waals surface area contributed by atoms with Gasteiger partial charge >= 0.3 is 0 Å². The molecule has 1 fully saturated rings. The van der Waals surface area contributed by atoms with E-state index in [0.29, 0.717) is 12.1 Å². The summed E-state index contributed by atoms with van der Waals surface area (Å²) in [5.41, 5.74) is 0.600. The van der Waals surface area contributed by atoms with Crippen molar-refractivity contribution in [3.8, 4) is 0 Å². The number of carbonyl (C=O) groups is 1. The van der Waals surface area contributed by atoms with Gasteiger partial charge in [-0.3, -0.25) is 9.69 Å². The monoisotopic (exact) mass is 260 g/mol. The molecule has 1 aliphatic heterocycles. The largest absolute Gasteiger partial charge is 0.472 e. The Hall–Kier alpha value is -2.08. The summed E-state index contributed by atoms with van der Waals surface area (Å²) in [6, 6.07) is 1.81. The molecule has 1 aliphatic rings. The summed E-state index contributed by atoms with van der Waals surface area (Å²) in [4.78, 5) is 23.8. The van der Waals surface area contributed by atoms with Crippen LogP contribution in [0.3, 0.4) is 0 Å². The van der Waals surface area contributed by atoms with Gasteiger partial charge in [0.1, 0.15) is 12.1 Å². The van der Waals surface area contributed by atoms with Gasteiger partial charge in [-0.25, -0.2) is 4.98 Å². The number of furan rings is 1. The van der Waals surface area contributed by atoms with Crippen LogP contribution in [0.15, 0.2) is 35.4 Å². The Balaban J connectivity index is 1.77. The predicted octanol–water partition coefficient (Wildman–Crippen LogP) is 1.13. The molecular formula is C13H16N4O2. The van der Waals surface area contributed by atoms with Crippen LogP contribution in [-0.2, 0) is 0 Å². The summed E-state index contributed by atoms with van der Waals surface area (Å²) in [7, 11) is 2.05. The first-order valence-electron chi connectivity index (χ1n) is 6.26. The van der Waals surface area contributed by atoms with Crippen molar-refractivity contribution in [2.75, 3.05) is 26.7 Å². The maximum absolute atomic E-state index is 12.3. The number of carbonyl (C=O) groups excluding carboxylic acids is 1. The van der Waals surface area contributed by atoms with Crippen LogP contribution in [0.2, 0.25) is 0 Å². The molecule has 1 unspecified atom stereocenters. The Kier molecular flexibility index (Phi) is 3.08. The molecule has 1 amide bonds. The smallest absolute Gasteiger partial charge is 0.257 e. The van der Waals surface area contributed by atoms with Gasteiger partial charge in [0.25, 0.3) is 5.91 Å².